The molecule has 1 saturated carbocycles. The van der Waals surface area contributed by atoms with Crippen molar-refractivity contribution in [2.45, 2.75) is 43.7 Å². The van der Waals surface area contributed by atoms with Crippen molar-refractivity contribution in [3.63, 3.8) is 0 Å². The summed E-state index contributed by atoms with van der Waals surface area (Å²) in [5, 5.41) is 10.2. The van der Waals surface area contributed by atoms with E-state index in [4.69, 9.17) is 0 Å². The molecule has 2 aliphatic heterocycles. The standard InChI is InChI=1S/C24H33N3O3/c1-4-6-17-9-11-18(12-10-17)22-20(14-28)27(21(29)13-25(2)3)24(22)15-26(16-24)23(30)19-7-5-8-19/h4,6,9-12,19-20,22,28H,5,7-8,13-16H2,1-3H3/t20-,22-/m1/s1. The summed E-state index contributed by atoms with van der Waals surface area (Å²) in [6.45, 7) is 3.37. The van der Waals surface area contributed by atoms with Crippen LogP contribution >= 0.6 is 0 Å². The number of carbonyl (C=O) groups excluding carboxylic acids is 2. The summed E-state index contributed by atoms with van der Waals surface area (Å²) in [7, 11) is 3.76. The normalized spacial score (nSPS) is 25.4. The molecule has 4 rings (SSSR count). The summed E-state index contributed by atoms with van der Waals surface area (Å²) in [5.41, 5.74) is 1.86. The predicted molar refractivity (Wildman–Crippen MR) is 117 cm³/mol. The van der Waals surface area contributed by atoms with Crippen LogP contribution in [-0.4, -0.2) is 83.5 Å². The number of hydrogen-bond acceptors (Lipinski definition) is 4. The van der Waals surface area contributed by atoms with Crippen LogP contribution in [0.2, 0.25) is 0 Å². The Morgan fingerprint density at radius 1 is 1.20 bits per heavy atom. The molecule has 30 heavy (non-hydrogen) atoms. The van der Waals surface area contributed by atoms with Crippen molar-refractivity contribution < 1.29 is 14.7 Å². The lowest BCUT2D eigenvalue weighted by Gasteiger charge is -2.70. The predicted octanol–water partition coefficient (Wildman–Crippen LogP) is 1.95. The van der Waals surface area contributed by atoms with E-state index in [1.807, 2.05) is 41.8 Å². The molecule has 0 unspecified atom stereocenters. The van der Waals surface area contributed by atoms with E-state index in [1.165, 1.54) is 0 Å². The summed E-state index contributed by atoms with van der Waals surface area (Å²) in [5.74, 6) is 0.470. The van der Waals surface area contributed by atoms with E-state index in [0.29, 0.717) is 19.6 Å². The van der Waals surface area contributed by atoms with Crippen molar-refractivity contribution in [2.24, 2.45) is 5.92 Å². The Morgan fingerprint density at radius 2 is 1.87 bits per heavy atom. The molecule has 2 heterocycles. The molecule has 3 fully saturated rings. The Hall–Kier alpha value is -2.18. The molecule has 1 aliphatic carbocycles. The van der Waals surface area contributed by atoms with E-state index in [1.54, 1.807) is 0 Å². The first kappa shape index (κ1) is 21.1. The summed E-state index contributed by atoms with van der Waals surface area (Å²) in [6, 6.07) is 8.13. The number of likely N-dealkylation sites (tertiary alicyclic amines) is 2. The Kier molecular flexibility index (Phi) is 5.73. The highest BCUT2D eigenvalue weighted by molar-refractivity contribution is 5.85. The second-order valence-corrected chi connectivity index (χ2v) is 9.32. The summed E-state index contributed by atoms with van der Waals surface area (Å²) in [6.07, 6.45) is 7.17. The molecule has 0 radical (unpaired) electrons. The third-order valence-corrected chi connectivity index (χ3v) is 7.03. The minimum absolute atomic E-state index is 0.0246. The van der Waals surface area contributed by atoms with E-state index >= 15 is 0 Å². The third-order valence-electron chi connectivity index (χ3n) is 7.03. The Balaban J connectivity index is 1.60. The number of likely N-dealkylation sites (N-methyl/N-ethyl adjacent to an activating group) is 1. The van der Waals surface area contributed by atoms with Gasteiger partial charge in [0, 0.05) is 24.9 Å². The van der Waals surface area contributed by atoms with Crippen LogP contribution in [0.5, 0.6) is 0 Å². The number of carbonyl (C=O) groups is 2. The SMILES string of the molecule is CC=Cc1ccc([C@@H]2[C@@H](CO)N(C(=O)CN(C)C)C23CN(C(=O)C2CCC2)C3)cc1. The van der Waals surface area contributed by atoms with Crippen molar-refractivity contribution in [1.82, 2.24) is 14.7 Å². The molecule has 1 N–H and O–H groups in total. The van der Waals surface area contributed by atoms with E-state index in [0.717, 1.165) is 30.4 Å². The maximum Gasteiger partial charge on any atom is 0.237 e. The van der Waals surface area contributed by atoms with Gasteiger partial charge in [-0.05, 0) is 45.0 Å². The second kappa shape index (κ2) is 8.16. The molecule has 1 aromatic rings. The number of allylic oxidation sites excluding steroid dienone is 1. The highest BCUT2D eigenvalue weighted by Crippen LogP contribution is 2.54. The van der Waals surface area contributed by atoms with Gasteiger partial charge >= 0.3 is 0 Å². The molecule has 0 aromatic heterocycles. The van der Waals surface area contributed by atoms with Gasteiger partial charge in [0.2, 0.25) is 11.8 Å². The fourth-order valence-corrected chi connectivity index (χ4v) is 5.44. The quantitative estimate of drug-likeness (QED) is 0.777. The average molecular weight is 412 g/mol. The first-order chi connectivity index (χ1) is 14.4. The lowest BCUT2D eigenvalue weighted by Crippen LogP contribution is -2.86. The van der Waals surface area contributed by atoms with Crippen LogP contribution in [0.15, 0.2) is 30.3 Å². The van der Waals surface area contributed by atoms with Crippen LogP contribution in [0, 0.1) is 5.92 Å². The lowest BCUT2D eigenvalue weighted by molar-refractivity contribution is -0.205. The van der Waals surface area contributed by atoms with Crippen molar-refractivity contribution in [2.75, 3.05) is 40.3 Å². The first-order valence-electron chi connectivity index (χ1n) is 11.0. The number of hydrogen-bond donors (Lipinski definition) is 1. The molecule has 1 aromatic carbocycles. The Bertz CT molecular complexity index is 823. The van der Waals surface area contributed by atoms with Crippen LogP contribution in [0.3, 0.4) is 0 Å². The minimum atomic E-state index is -0.401. The molecule has 6 heteroatoms. The van der Waals surface area contributed by atoms with Crippen molar-refractivity contribution in [3.05, 3.63) is 41.5 Å². The molecule has 2 atom stereocenters. The second-order valence-electron chi connectivity index (χ2n) is 9.32. The number of aliphatic hydroxyl groups is 1. The lowest BCUT2D eigenvalue weighted by atomic mass is 9.60. The number of rotatable bonds is 6. The van der Waals surface area contributed by atoms with Gasteiger partial charge in [-0.2, -0.15) is 0 Å². The Labute approximate surface area is 179 Å². The number of aliphatic hydroxyl groups excluding tert-OH is 1. The number of benzene rings is 1. The fraction of sp³-hybridized carbons (Fsp3) is 0.583. The molecular weight excluding hydrogens is 378 g/mol. The minimum Gasteiger partial charge on any atom is -0.394 e. The van der Waals surface area contributed by atoms with Gasteiger partial charge in [0.25, 0.3) is 0 Å². The highest BCUT2D eigenvalue weighted by Gasteiger charge is 2.68. The summed E-state index contributed by atoms with van der Waals surface area (Å²) >= 11 is 0. The maximum atomic E-state index is 13.1. The number of amides is 2. The molecular formula is C24H33N3O3. The van der Waals surface area contributed by atoms with Crippen LogP contribution in [0.1, 0.15) is 43.2 Å². The van der Waals surface area contributed by atoms with Gasteiger partial charge in [0.05, 0.1) is 24.7 Å². The summed E-state index contributed by atoms with van der Waals surface area (Å²) < 4.78 is 0. The molecule has 1 spiro atoms. The first-order valence-corrected chi connectivity index (χ1v) is 11.0. The van der Waals surface area contributed by atoms with E-state index in [2.05, 4.69) is 30.3 Å². The van der Waals surface area contributed by atoms with Crippen LogP contribution in [0.4, 0.5) is 0 Å². The smallest absolute Gasteiger partial charge is 0.237 e. The molecule has 162 valence electrons. The van der Waals surface area contributed by atoms with Crippen molar-refractivity contribution >= 4 is 17.9 Å². The van der Waals surface area contributed by atoms with Gasteiger partial charge in [0.15, 0.2) is 0 Å². The fourth-order valence-electron chi connectivity index (χ4n) is 5.44. The van der Waals surface area contributed by atoms with E-state index in [9.17, 15) is 14.7 Å². The molecule has 2 amide bonds. The zero-order valence-electron chi connectivity index (χ0n) is 18.3. The van der Waals surface area contributed by atoms with Gasteiger partial charge in [-0.1, -0.05) is 42.8 Å². The van der Waals surface area contributed by atoms with Crippen LogP contribution in [-0.2, 0) is 9.59 Å². The van der Waals surface area contributed by atoms with Crippen LogP contribution in [0.25, 0.3) is 6.08 Å². The zero-order chi connectivity index (χ0) is 21.5. The third kappa shape index (κ3) is 3.36. The average Bonchev–Trinajstić information content (AvgIpc) is 2.59. The topological polar surface area (TPSA) is 64.1 Å². The van der Waals surface area contributed by atoms with Gasteiger partial charge in [-0.3, -0.25) is 9.59 Å². The number of nitrogens with zero attached hydrogens (tertiary/aromatic N) is 3. The highest BCUT2D eigenvalue weighted by atomic mass is 16.3. The molecule has 3 aliphatic rings. The van der Waals surface area contributed by atoms with E-state index < -0.39 is 5.54 Å². The van der Waals surface area contributed by atoms with Gasteiger partial charge in [-0.15, -0.1) is 0 Å². The molecule has 6 nitrogen and oxygen atoms in total. The van der Waals surface area contributed by atoms with Crippen molar-refractivity contribution in [1.29, 1.82) is 0 Å². The molecule has 0 bridgehead atoms. The maximum absolute atomic E-state index is 13.1. The Morgan fingerprint density at radius 3 is 2.37 bits per heavy atom. The van der Waals surface area contributed by atoms with Crippen LogP contribution < -0.4 is 0 Å². The van der Waals surface area contributed by atoms with Gasteiger partial charge < -0.3 is 19.8 Å². The van der Waals surface area contributed by atoms with Gasteiger partial charge in [0.1, 0.15) is 0 Å². The summed E-state index contributed by atoms with van der Waals surface area (Å²) in [4.78, 5) is 31.5. The van der Waals surface area contributed by atoms with Gasteiger partial charge in [-0.25, -0.2) is 0 Å². The zero-order valence-corrected chi connectivity index (χ0v) is 18.3. The largest absolute Gasteiger partial charge is 0.394 e. The van der Waals surface area contributed by atoms with Crippen molar-refractivity contribution in [3.8, 4) is 0 Å². The monoisotopic (exact) mass is 411 g/mol. The van der Waals surface area contributed by atoms with E-state index in [-0.39, 0.29) is 36.3 Å². The molecule has 2 saturated heterocycles.